The van der Waals surface area contributed by atoms with Crippen molar-refractivity contribution in [2.24, 2.45) is 11.3 Å². The second-order valence-electron chi connectivity index (χ2n) is 7.67. The number of amides is 2. The number of nitrogens with zero attached hydrogens (tertiary/aromatic N) is 1. The van der Waals surface area contributed by atoms with Crippen LogP contribution in [0.15, 0.2) is 23.1 Å². The monoisotopic (exact) mass is 384 g/mol. The molecule has 7 heteroatoms. The standard InChI is InChI=1S/C19H26F2N2O2S/c1-19(2,3)18(25)22-10-13-5-4-8-23(11-13)17(24)12-26-14-6-7-15(20)16(21)9-14/h6-7,9,13H,4-5,8,10-12H2,1-3H3,(H,22,25). The van der Waals surface area contributed by atoms with Crippen LogP contribution in [-0.4, -0.2) is 42.1 Å². The van der Waals surface area contributed by atoms with E-state index in [1.165, 1.54) is 17.8 Å². The van der Waals surface area contributed by atoms with Crippen molar-refractivity contribution in [1.29, 1.82) is 0 Å². The van der Waals surface area contributed by atoms with Crippen LogP contribution in [0.1, 0.15) is 33.6 Å². The Hall–Kier alpha value is -1.63. The lowest BCUT2D eigenvalue weighted by Gasteiger charge is -2.33. The lowest BCUT2D eigenvalue weighted by molar-refractivity contribution is -0.130. The molecular formula is C19H26F2N2O2S. The van der Waals surface area contributed by atoms with Crippen LogP contribution in [0.2, 0.25) is 0 Å². The second-order valence-corrected chi connectivity index (χ2v) is 8.72. The molecule has 2 rings (SSSR count). The van der Waals surface area contributed by atoms with E-state index >= 15 is 0 Å². The number of carbonyl (C=O) groups is 2. The molecule has 1 heterocycles. The number of rotatable bonds is 5. The predicted molar refractivity (Wildman–Crippen MR) is 98.9 cm³/mol. The molecule has 144 valence electrons. The van der Waals surface area contributed by atoms with Crippen molar-refractivity contribution in [3.8, 4) is 0 Å². The molecule has 1 saturated heterocycles. The highest BCUT2D eigenvalue weighted by molar-refractivity contribution is 8.00. The third-order valence-corrected chi connectivity index (χ3v) is 5.34. The molecule has 0 spiro atoms. The quantitative estimate of drug-likeness (QED) is 0.791. The molecular weight excluding hydrogens is 358 g/mol. The smallest absolute Gasteiger partial charge is 0.232 e. The molecule has 0 saturated carbocycles. The summed E-state index contributed by atoms with van der Waals surface area (Å²) in [6.45, 7) is 7.48. The summed E-state index contributed by atoms with van der Waals surface area (Å²) in [5.41, 5.74) is -0.425. The first-order valence-corrected chi connectivity index (χ1v) is 9.79. The highest BCUT2D eigenvalue weighted by atomic mass is 32.2. The van der Waals surface area contributed by atoms with E-state index in [0.717, 1.165) is 25.0 Å². The molecule has 0 bridgehead atoms. The molecule has 1 aliphatic rings. The summed E-state index contributed by atoms with van der Waals surface area (Å²) >= 11 is 1.20. The van der Waals surface area contributed by atoms with Gasteiger partial charge < -0.3 is 10.2 Å². The Morgan fingerprint density at radius 1 is 1.27 bits per heavy atom. The number of benzene rings is 1. The first-order valence-electron chi connectivity index (χ1n) is 8.80. The normalized spacial score (nSPS) is 17.9. The first kappa shape index (κ1) is 20.7. The van der Waals surface area contributed by atoms with E-state index in [2.05, 4.69) is 5.32 Å². The number of carbonyl (C=O) groups excluding carboxylic acids is 2. The molecule has 4 nitrogen and oxygen atoms in total. The number of hydrogen-bond donors (Lipinski definition) is 1. The van der Waals surface area contributed by atoms with Crippen LogP contribution in [0.5, 0.6) is 0 Å². The number of halogens is 2. The van der Waals surface area contributed by atoms with Gasteiger partial charge in [0.1, 0.15) is 0 Å². The van der Waals surface area contributed by atoms with E-state index in [1.807, 2.05) is 20.8 Å². The fraction of sp³-hybridized carbons (Fsp3) is 0.579. The summed E-state index contributed by atoms with van der Waals surface area (Å²) in [6, 6.07) is 3.64. The maximum Gasteiger partial charge on any atom is 0.232 e. The molecule has 1 aromatic carbocycles. The van der Waals surface area contributed by atoms with Crippen molar-refractivity contribution in [3.05, 3.63) is 29.8 Å². The molecule has 1 N–H and O–H groups in total. The van der Waals surface area contributed by atoms with Crippen LogP contribution in [0.3, 0.4) is 0 Å². The topological polar surface area (TPSA) is 49.4 Å². The molecule has 26 heavy (non-hydrogen) atoms. The van der Waals surface area contributed by atoms with E-state index in [9.17, 15) is 18.4 Å². The molecule has 0 radical (unpaired) electrons. The Bertz CT molecular complexity index is 661. The molecule has 2 amide bonds. The maximum absolute atomic E-state index is 13.2. The summed E-state index contributed by atoms with van der Waals surface area (Å²) in [4.78, 5) is 26.7. The average molecular weight is 384 g/mol. The number of nitrogens with one attached hydrogen (secondary N) is 1. The lowest BCUT2D eigenvalue weighted by atomic mass is 9.94. The average Bonchev–Trinajstić information content (AvgIpc) is 2.59. The van der Waals surface area contributed by atoms with E-state index < -0.39 is 17.0 Å². The zero-order chi connectivity index (χ0) is 19.3. The van der Waals surface area contributed by atoms with Crippen LogP contribution in [0.25, 0.3) is 0 Å². The molecule has 1 aromatic rings. The molecule has 1 unspecified atom stereocenters. The molecule has 1 aliphatic heterocycles. The van der Waals surface area contributed by atoms with Gasteiger partial charge in [-0.25, -0.2) is 8.78 Å². The van der Waals surface area contributed by atoms with Gasteiger partial charge in [-0.3, -0.25) is 9.59 Å². The van der Waals surface area contributed by atoms with E-state index in [4.69, 9.17) is 0 Å². The van der Waals surface area contributed by atoms with Crippen molar-refractivity contribution in [2.75, 3.05) is 25.4 Å². The Labute approximate surface area is 157 Å². The fourth-order valence-corrected chi connectivity index (χ4v) is 3.59. The highest BCUT2D eigenvalue weighted by Crippen LogP contribution is 2.23. The molecule has 0 aliphatic carbocycles. The fourth-order valence-electron chi connectivity index (χ4n) is 2.76. The second kappa shape index (κ2) is 8.84. The van der Waals surface area contributed by atoms with Crippen molar-refractivity contribution in [3.63, 3.8) is 0 Å². The van der Waals surface area contributed by atoms with E-state index in [0.29, 0.717) is 24.5 Å². The largest absolute Gasteiger partial charge is 0.355 e. The number of likely N-dealkylation sites (tertiary alicyclic amines) is 1. The van der Waals surface area contributed by atoms with Crippen LogP contribution in [0.4, 0.5) is 8.78 Å². The highest BCUT2D eigenvalue weighted by Gasteiger charge is 2.26. The van der Waals surface area contributed by atoms with Crippen LogP contribution < -0.4 is 5.32 Å². The minimum atomic E-state index is -0.907. The zero-order valence-electron chi connectivity index (χ0n) is 15.5. The maximum atomic E-state index is 13.2. The minimum Gasteiger partial charge on any atom is -0.355 e. The lowest BCUT2D eigenvalue weighted by Crippen LogP contribution is -2.45. The molecule has 1 fully saturated rings. The predicted octanol–water partition coefficient (Wildman–Crippen LogP) is 3.46. The Balaban J connectivity index is 1.81. The van der Waals surface area contributed by atoms with Crippen LogP contribution in [0, 0.1) is 23.0 Å². The Kier molecular flexibility index (Phi) is 7.03. The van der Waals surface area contributed by atoms with Gasteiger partial charge in [0.2, 0.25) is 11.8 Å². The minimum absolute atomic E-state index is 0.00911. The van der Waals surface area contributed by atoms with Crippen molar-refractivity contribution in [1.82, 2.24) is 10.2 Å². The third kappa shape index (κ3) is 5.97. The van der Waals surface area contributed by atoms with Crippen LogP contribution in [-0.2, 0) is 9.59 Å². The zero-order valence-corrected chi connectivity index (χ0v) is 16.3. The van der Waals surface area contributed by atoms with Crippen LogP contribution >= 0.6 is 11.8 Å². The number of hydrogen-bond acceptors (Lipinski definition) is 3. The van der Waals surface area contributed by atoms with E-state index in [1.54, 1.807) is 4.90 Å². The summed E-state index contributed by atoms with van der Waals surface area (Å²) in [5, 5.41) is 2.96. The van der Waals surface area contributed by atoms with Gasteiger partial charge in [-0.15, -0.1) is 11.8 Å². The van der Waals surface area contributed by atoms with E-state index in [-0.39, 0.29) is 23.5 Å². The first-order chi connectivity index (χ1) is 12.2. The van der Waals surface area contributed by atoms with Gasteiger partial charge in [0, 0.05) is 29.9 Å². The van der Waals surface area contributed by atoms with Gasteiger partial charge in [-0.2, -0.15) is 0 Å². The summed E-state index contributed by atoms with van der Waals surface area (Å²) in [6.07, 6.45) is 1.88. The third-order valence-electron chi connectivity index (χ3n) is 4.36. The van der Waals surface area contributed by atoms with Gasteiger partial charge in [0.05, 0.1) is 5.75 Å². The van der Waals surface area contributed by atoms with Gasteiger partial charge in [0.25, 0.3) is 0 Å². The van der Waals surface area contributed by atoms with Gasteiger partial charge in [-0.1, -0.05) is 20.8 Å². The SMILES string of the molecule is CC(C)(C)C(=O)NCC1CCCN(C(=O)CSc2ccc(F)c(F)c2)C1. The van der Waals surface area contributed by atoms with Gasteiger partial charge in [-0.05, 0) is 37.0 Å². The van der Waals surface area contributed by atoms with Crippen molar-refractivity contribution < 1.29 is 18.4 Å². The Morgan fingerprint density at radius 3 is 2.65 bits per heavy atom. The summed E-state index contributed by atoms with van der Waals surface area (Å²) in [5.74, 6) is -1.38. The number of thioether (sulfide) groups is 1. The molecule has 0 aromatic heterocycles. The Morgan fingerprint density at radius 2 is 2.00 bits per heavy atom. The van der Waals surface area contributed by atoms with Crippen molar-refractivity contribution in [2.45, 2.75) is 38.5 Å². The molecule has 1 atom stereocenters. The van der Waals surface area contributed by atoms with Crippen molar-refractivity contribution >= 4 is 23.6 Å². The van der Waals surface area contributed by atoms with Gasteiger partial charge in [0.15, 0.2) is 11.6 Å². The van der Waals surface area contributed by atoms with Gasteiger partial charge >= 0.3 is 0 Å². The summed E-state index contributed by atoms with van der Waals surface area (Å²) < 4.78 is 26.2. The number of piperidine rings is 1. The summed E-state index contributed by atoms with van der Waals surface area (Å²) in [7, 11) is 0.